The lowest BCUT2D eigenvalue weighted by Crippen LogP contribution is -2.40. The Hall–Kier alpha value is -3.08. The number of hydrogen-bond donors (Lipinski definition) is 2. The number of ether oxygens (including phenoxy) is 1. The van der Waals surface area contributed by atoms with E-state index in [2.05, 4.69) is 16.7 Å². The summed E-state index contributed by atoms with van der Waals surface area (Å²) in [6.07, 6.45) is 1.47. The normalized spacial score (nSPS) is 18.6. The highest BCUT2D eigenvalue weighted by Crippen LogP contribution is 2.41. The molecule has 0 bridgehead atoms. The van der Waals surface area contributed by atoms with Crippen molar-refractivity contribution in [1.29, 1.82) is 5.26 Å². The summed E-state index contributed by atoms with van der Waals surface area (Å²) in [4.78, 5) is 25.2. The van der Waals surface area contributed by atoms with Crippen molar-refractivity contribution in [2.45, 2.75) is 24.7 Å². The molecule has 2 aliphatic rings. The van der Waals surface area contributed by atoms with Crippen LogP contribution in [0.1, 0.15) is 25.5 Å². The predicted octanol–water partition coefficient (Wildman–Crippen LogP) is 3.61. The maximum absolute atomic E-state index is 13.0. The third-order valence-corrected chi connectivity index (χ3v) is 9.26. The number of nitrogens with one attached hydrogen (secondary N) is 2. The van der Waals surface area contributed by atoms with Crippen molar-refractivity contribution in [2.75, 3.05) is 37.4 Å². The molecule has 2 N–H and O–H groups in total. The summed E-state index contributed by atoms with van der Waals surface area (Å²) in [5, 5.41) is 16.3. The smallest absolute Gasteiger partial charge is 0.243 e. The first kappa shape index (κ1) is 27.9. The maximum atomic E-state index is 13.0. The van der Waals surface area contributed by atoms with Crippen LogP contribution in [0.5, 0.6) is 0 Å². The number of carbonyl (C=O) groups excluding carboxylic acids is 2. The van der Waals surface area contributed by atoms with E-state index in [0.717, 1.165) is 11.8 Å². The largest absolute Gasteiger partial charge is 0.468 e. The fourth-order valence-corrected chi connectivity index (χ4v) is 6.75. The Labute approximate surface area is 229 Å². The van der Waals surface area contributed by atoms with Crippen LogP contribution in [0.3, 0.4) is 0 Å². The molecule has 0 saturated carbocycles. The third-order valence-electron chi connectivity index (χ3n) is 6.02. The number of morpholine rings is 1. The van der Waals surface area contributed by atoms with Crippen molar-refractivity contribution in [3.05, 3.63) is 69.3 Å². The fourth-order valence-electron chi connectivity index (χ4n) is 4.25. The number of carbonyl (C=O) groups is 2. The predicted molar refractivity (Wildman–Crippen MR) is 143 cm³/mol. The molecule has 0 spiro atoms. The number of sulfonamides is 1. The number of nitriles is 1. The van der Waals surface area contributed by atoms with Gasteiger partial charge in [-0.25, -0.2) is 8.42 Å². The van der Waals surface area contributed by atoms with E-state index in [9.17, 15) is 23.3 Å². The molecule has 1 saturated heterocycles. The quantitative estimate of drug-likeness (QED) is 0.482. The number of allylic oxidation sites excluding steroid dienone is 3. The summed E-state index contributed by atoms with van der Waals surface area (Å²) in [6, 6.07) is 9.66. The van der Waals surface area contributed by atoms with Crippen molar-refractivity contribution in [3.8, 4) is 6.07 Å². The second-order valence-corrected chi connectivity index (χ2v) is 11.8. The second kappa shape index (κ2) is 11.8. The van der Waals surface area contributed by atoms with Gasteiger partial charge in [0.15, 0.2) is 5.78 Å². The van der Waals surface area contributed by atoms with E-state index in [1.54, 1.807) is 19.1 Å². The zero-order valence-electron chi connectivity index (χ0n) is 20.6. The van der Waals surface area contributed by atoms with Crippen molar-refractivity contribution in [1.82, 2.24) is 9.62 Å². The van der Waals surface area contributed by atoms with Crippen LogP contribution in [0.2, 0.25) is 5.02 Å². The van der Waals surface area contributed by atoms with E-state index in [1.807, 2.05) is 0 Å². The lowest BCUT2D eigenvalue weighted by atomic mass is 9.84. The Balaban J connectivity index is 1.52. The standard InChI is InChI=1S/C25H25ClN4O6S2/c1-15-23(16(2)31)24(21-4-3-9-36-21)18(13-27)25(28-15)37-14-22(32)29-20-12-17(5-6-19(20)26)38(33,34)30-7-10-35-11-8-30/h3-6,9,12,24,28H,7-8,10-11,14H2,1-2H3,(H,29,32)/t24-/m1/s1. The van der Waals surface area contributed by atoms with Crippen molar-refractivity contribution < 1.29 is 27.2 Å². The summed E-state index contributed by atoms with van der Waals surface area (Å²) in [5.74, 6) is -1.03. The summed E-state index contributed by atoms with van der Waals surface area (Å²) in [5.41, 5.74) is 1.38. The first-order valence-corrected chi connectivity index (χ1v) is 14.4. The molecule has 4 rings (SSSR count). The van der Waals surface area contributed by atoms with E-state index in [1.165, 1.54) is 35.7 Å². The van der Waals surface area contributed by atoms with Gasteiger partial charge in [0.1, 0.15) is 5.76 Å². The van der Waals surface area contributed by atoms with Gasteiger partial charge in [0, 0.05) is 24.4 Å². The van der Waals surface area contributed by atoms with Gasteiger partial charge in [0.25, 0.3) is 0 Å². The summed E-state index contributed by atoms with van der Waals surface area (Å²) in [7, 11) is -3.78. The lowest BCUT2D eigenvalue weighted by Gasteiger charge is -2.27. The van der Waals surface area contributed by atoms with Crippen LogP contribution in [0.4, 0.5) is 5.69 Å². The highest BCUT2D eigenvalue weighted by molar-refractivity contribution is 8.03. The number of dihydropyridines is 1. The Bertz CT molecular complexity index is 1450. The second-order valence-electron chi connectivity index (χ2n) is 8.52. The van der Waals surface area contributed by atoms with Crippen LogP contribution in [0.15, 0.2) is 67.8 Å². The first-order valence-electron chi connectivity index (χ1n) is 11.6. The molecule has 2 aliphatic heterocycles. The minimum Gasteiger partial charge on any atom is -0.468 e. The number of thioether (sulfide) groups is 1. The van der Waals surface area contributed by atoms with Gasteiger partial charge in [-0.1, -0.05) is 23.4 Å². The van der Waals surface area contributed by atoms with E-state index in [4.69, 9.17) is 20.8 Å². The zero-order valence-corrected chi connectivity index (χ0v) is 23.0. The minimum absolute atomic E-state index is 0.00832. The van der Waals surface area contributed by atoms with Crippen LogP contribution < -0.4 is 10.6 Å². The van der Waals surface area contributed by atoms with E-state index in [-0.39, 0.29) is 45.8 Å². The average molecular weight is 577 g/mol. The SMILES string of the molecule is CC(=O)C1=C(C)NC(SCC(=O)Nc2cc(S(=O)(=O)N3CCOCC3)ccc2Cl)=C(C#N)[C@@H]1c1ccco1. The molecule has 1 fully saturated rings. The number of ketones is 1. The van der Waals surface area contributed by atoms with Crippen LogP contribution >= 0.6 is 23.4 Å². The van der Waals surface area contributed by atoms with E-state index < -0.39 is 21.8 Å². The van der Waals surface area contributed by atoms with Gasteiger partial charge >= 0.3 is 0 Å². The van der Waals surface area contributed by atoms with Crippen LogP contribution in [-0.2, 0) is 24.3 Å². The number of amides is 1. The molecule has 2 aromatic rings. The molecule has 3 heterocycles. The first-order chi connectivity index (χ1) is 18.1. The highest BCUT2D eigenvalue weighted by atomic mass is 35.5. The van der Waals surface area contributed by atoms with Crippen molar-refractivity contribution >= 4 is 50.8 Å². The van der Waals surface area contributed by atoms with E-state index >= 15 is 0 Å². The Kier molecular flexibility index (Phi) is 8.64. The van der Waals surface area contributed by atoms with Gasteiger partial charge in [-0.3, -0.25) is 9.59 Å². The van der Waals surface area contributed by atoms with Gasteiger partial charge in [0.2, 0.25) is 15.9 Å². The molecule has 1 aromatic heterocycles. The molecule has 1 aromatic carbocycles. The Morgan fingerprint density at radius 3 is 2.66 bits per heavy atom. The fraction of sp³-hybridized carbons (Fsp3) is 0.320. The van der Waals surface area contributed by atoms with Crippen LogP contribution in [-0.4, -0.2) is 56.5 Å². The third kappa shape index (κ3) is 5.82. The maximum Gasteiger partial charge on any atom is 0.243 e. The van der Waals surface area contributed by atoms with Gasteiger partial charge < -0.3 is 19.8 Å². The summed E-state index contributed by atoms with van der Waals surface area (Å²) < 4.78 is 38.1. The Morgan fingerprint density at radius 1 is 1.29 bits per heavy atom. The molecule has 1 amide bonds. The Morgan fingerprint density at radius 2 is 2.03 bits per heavy atom. The molecular weight excluding hydrogens is 552 g/mol. The lowest BCUT2D eigenvalue weighted by molar-refractivity contribution is -0.114. The molecule has 13 heteroatoms. The van der Waals surface area contributed by atoms with Crippen molar-refractivity contribution in [3.63, 3.8) is 0 Å². The number of anilines is 1. The van der Waals surface area contributed by atoms with Gasteiger partial charge in [0.05, 0.1) is 63.4 Å². The van der Waals surface area contributed by atoms with Gasteiger partial charge in [-0.05, 0) is 44.2 Å². The van der Waals surface area contributed by atoms with Gasteiger partial charge in [-0.2, -0.15) is 9.57 Å². The number of nitrogens with zero attached hydrogens (tertiary/aromatic N) is 2. The molecule has 0 radical (unpaired) electrons. The number of furan rings is 1. The average Bonchev–Trinajstić information content (AvgIpc) is 3.43. The number of halogens is 1. The number of rotatable bonds is 8. The van der Waals surface area contributed by atoms with Crippen LogP contribution in [0, 0.1) is 11.3 Å². The number of hydrogen-bond acceptors (Lipinski definition) is 9. The monoisotopic (exact) mass is 576 g/mol. The molecule has 10 nitrogen and oxygen atoms in total. The molecule has 1 atom stereocenters. The topological polar surface area (TPSA) is 142 Å². The highest BCUT2D eigenvalue weighted by Gasteiger charge is 2.35. The molecule has 0 aliphatic carbocycles. The van der Waals surface area contributed by atoms with E-state index in [0.29, 0.717) is 35.3 Å². The molecule has 38 heavy (non-hydrogen) atoms. The number of benzene rings is 1. The van der Waals surface area contributed by atoms with Crippen LogP contribution in [0.25, 0.3) is 0 Å². The van der Waals surface area contributed by atoms with Crippen molar-refractivity contribution in [2.24, 2.45) is 0 Å². The zero-order chi connectivity index (χ0) is 27.4. The summed E-state index contributed by atoms with van der Waals surface area (Å²) in [6.45, 7) is 4.25. The number of Topliss-reactive ketones (excluding diaryl/α,β-unsaturated/α-hetero) is 1. The minimum atomic E-state index is -3.78. The van der Waals surface area contributed by atoms with Gasteiger partial charge in [-0.15, -0.1) is 0 Å². The molecule has 200 valence electrons. The molecule has 0 unspecified atom stereocenters. The summed E-state index contributed by atoms with van der Waals surface area (Å²) >= 11 is 7.33. The molecular formula is C25H25ClN4O6S2.